The van der Waals surface area contributed by atoms with Crippen molar-refractivity contribution in [3.63, 3.8) is 0 Å². The predicted molar refractivity (Wildman–Crippen MR) is 70.5 cm³/mol. The third-order valence-corrected chi connectivity index (χ3v) is 4.18. The van der Waals surface area contributed by atoms with Crippen LogP contribution in [0.2, 0.25) is 5.02 Å². The fourth-order valence-electron chi connectivity index (χ4n) is 2.75. The summed E-state index contributed by atoms with van der Waals surface area (Å²) in [5, 5.41) is 3.80. The maximum Gasteiger partial charge on any atom is 0.159 e. The highest BCUT2D eigenvalue weighted by Crippen LogP contribution is 2.39. The molecular weight excluding hydrogens is 234 g/mol. The normalized spacial score (nSPS) is 29.4. The molecule has 2 atom stereocenters. The van der Waals surface area contributed by atoms with Crippen molar-refractivity contribution in [1.82, 2.24) is 5.32 Å². The lowest BCUT2D eigenvalue weighted by Crippen LogP contribution is -2.49. The Bertz CT molecular complexity index is 432. The lowest BCUT2D eigenvalue weighted by Gasteiger charge is -2.37. The van der Waals surface area contributed by atoms with E-state index in [1.165, 1.54) is 0 Å². The van der Waals surface area contributed by atoms with Crippen molar-refractivity contribution < 1.29 is 4.79 Å². The molecule has 0 spiro atoms. The van der Waals surface area contributed by atoms with Gasteiger partial charge in [0.05, 0.1) is 11.5 Å². The predicted octanol–water partition coefficient (Wildman–Crippen LogP) is 2.94. The van der Waals surface area contributed by atoms with E-state index in [1.54, 1.807) is 0 Å². The molecule has 0 saturated heterocycles. The first-order valence-electron chi connectivity index (χ1n) is 6.06. The monoisotopic (exact) mass is 251 g/mol. The Hall–Kier alpha value is -0.860. The highest BCUT2D eigenvalue weighted by molar-refractivity contribution is 6.31. The van der Waals surface area contributed by atoms with E-state index in [0.717, 1.165) is 24.8 Å². The zero-order valence-electron chi connectivity index (χ0n) is 10.3. The summed E-state index contributed by atoms with van der Waals surface area (Å²) in [5.74, 6) is 0.263. The highest BCUT2D eigenvalue weighted by Gasteiger charge is 2.42. The molecule has 1 aliphatic rings. The van der Waals surface area contributed by atoms with Crippen LogP contribution < -0.4 is 5.32 Å². The minimum Gasteiger partial charge on any atom is -0.311 e. The molecule has 2 nitrogen and oxygen atoms in total. The molecule has 1 saturated carbocycles. The Balaban J connectivity index is 2.41. The molecule has 1 fully saturated rings. The summed E-state index contributed by atoms with van der Waals surface area (Å²) < 4.78 is 0. The topological polar surface area (TPSA) is 29.1 Å². The Kier molecular flexibility index (Phi) is 3.55. The van der Waals surface area contributed by atoms with Crippen LogP contribution in [0, 0.1) is 0 Å². The Morgan fingerprint density at radius 3 is 2.76 bits per heavy atom. The zero-order chi connectivity index (χ0) is 12.5. The molecule has 0 aromatic heterocycles. The third-order valence-electron chi connectivity index (χ3n) is 3.85. The van der Waals surface area contributed by atoms with Gasteiger partial charge in [0, 0.05) is 5.02 Å². The zero-order valence-corrected chi connectivity index (χ0v) is 11.1. The smallest absolute Gasteiger partial charge is 0.159 e. The van der Waals surface area contributed by atoms with E-state index in [-0.39, 0.29) is 11.8 Å². The second-order valence-electron chi connectivity index (χ2n) is 4.91. The van der Waals surface area contributed by atoms with Crippen molar-refractivity contribution in [1.29, 1.82) is 0 Å². The number of likely N-dealkylation sites (N-methyl/N-ethyl adjacent to an activating group) is 1. The van der Waals surface area contributed by atoms with E-state index in [1.807, 2.05) is 38.2 Å². The summed E-state index contributed by atoms with van der Waals surface area (Å²) in [6.45, 7) is 2.01. The average Bonchev–Trinajstić information content (AvgIpc) is 2.33. The number of hydrogen-bond acceptors (Lipinski definition) is 2. The van der Waals surface area contributed by atoms with Crippen LogP contribution in [0.15, 0.2) is 24.3 Å². The Labute approximate surface area is 107 Å². The first-order valence-corrected chi connectivity index (χ1v) is 6.44. The van der Waals surface area contributed by atoms with Crippen molar-refractivity contribution in [3.05, 3.63) is 34.9 Å². The lowest BCUT2D eigenvalue weighted by molar-refractivity contribution is -0.128. The van der Waals surface area contributed by atoms with Gasteiger partial charge in [0.15, 0.2) is 5.78 Å². The van der Waals surface area contributed by atoms with Crippen LogP contribution in [0.3, 0.4) is 0 Å². The molecule has 0 radical (unpaired) electrons. The fourth-order valence-corrected chi connectivity index (χ4v) is 3.09. The van der Waals surface area contributed by atoms with E-state index in [2.05, 4.69) is 5.32 Å². The van der Waals surface area contributed by atoms with Gasteiger partial charge >= 0.3 is 0 Å². The van der Waals surface area contributed by atoms with Crippen LogP contribution in [0.1, 0.15) is 31.7 Å². The minimum atomic E-state index is -0.440. The summed E-state index contributed by atoms with van der Waals surface area (Å²) in [7, 11) is 1.85. The van der Waals surface area contributed by atoms with Crippen molar-refractivity contribution >= 4 is 17.4 Å². The summed E-state index contributed by atoms with van der Waals surface area (Å²) >= 11 is 6.23. The van der Waals surface area contributed by atoms with Gasteiger partial charge in [-0.3, -0.25) is 4.79 Å². The first kappa shape index (κ1) is 12.6. The molecule has 2 unspecified atom stereocenters. The molecule has 2 rings (SSSR count). The fraction of sp³-hybridized carbons (Fsp3) is 0.500. The van der Waals surface area contributed by atoms with Crippen molar-refractivity contribution in [2.75, 3.05) is 7.05 Å². The number of ketones is 1. The summed E-state index contributed by atoms with van der Waals surface area (Å²) in [4.78, 5) is 12.5. The van der Waals surface area contributed by atoms with Gasteiger partial charge in [0.2, 0.25) is 0 Å². The highest BCUT2D eigenvalue weighted by atomic mass is 35.5. The molecule has 0 heterocycles. The molecular formula is C14H18ClNO. The molecule has 0 amide bonds. The summed E-state index contributed by atoms with van der Waals surface area (Å²) in [6, 6.07) is 7.64. The largest absolute Gasteiger partial charge is 0.311 e. The van der Waals surface area contributed by atoms with Gasteiger partial charge in [-0.05, 0) is 38.4 Å². The van der Waals surface area contributed by atoms with Gasteiger partial charge in [-0.15, -0.1) is 0 Å². The van der Waals surface area contributed by atoms with Crippen LogP contribution in [-0.2, 0) is 10.2 Å². The van der Waals surface area contributed by atoms with Gasteiger partial charge in [-0.2, -0.15) is 0 Å². The van der Waals surface area contributed by atoms with E-state index < -0.39 is 5.41 Å². The lowest BCUT2D eigenvalue weighted by atomic mass is 9.68. The third kappa shape index (κ3) is 2.12. The molecule has 17 heavy (non-hydrogen) atoms. The second-order valence-corrected chi connectivity index (χ2v) is 5.32. The molecule has 1 aromatic rings. The summed E-state index contributed by atoms with van der Waals surface area (Å²) in [6.07, 6.45) is 2.86. The molecule has 3 heteroatoms. The average molecular weight is 252 g/mol. The van der Waals surface area contributed by atoms with E-state index >= 15 is 0 Å². The number of halogens is 1. The van der Waals surface area contributed by atoms with Crippen molar-refractivity contribution in [2.45, 2.75) is 37.6 Å². The van der Waals surface area contributed by atoms with Crippen molar-refractivity contribution in [3.8, 4) is 0 Å². The summed E-state index contributed by atoms with van der Waals surface area (Å²) in [5.41, 5.74) is 0.524. The molecule has 0 aliphatic heterocycles. The van der Waals surface area contributed by atoms with Crippen LogP contribution in [0.4, 0.5) is 0 Å². The van der Waals surface area contributed by atoms with Crippen molar-refractivity contribution in [2.24, 2.45) is 0 Å². The number of carbonyl (C=O) groups is 1. The quantitative estimate of drug-likeness (QED) is 0.876. The maximum atomic E-state index is 12.5. The Morgan fingerprint density at radius 1 is 1.41 bits per heavy atom. The molecule has 1 aliphatic carbocycles. The minimum absolute atomic E-state index is 0.0370. The van der Waals surface area contributed by atoms with Gasteiger partial charge in [-0.1, -0.05) is 36.2 Å². The van der Waals surface area contributed by atoms with E-state index in [9.17, 15) is 4.79 Å². The molecule has 92 valence electrons. The number of benzene rings is 1. The van der Waals surface area contributed by atoms with Crippen LogP contribution in [0.25, 0.3) is 0 Å². The maximum absolute atomic E-state index is 12.5. The van der Waals surface area contributed by atoms with E-state index in [4.69, 9.17) is 11.6 Å². The van der Waals surface area contributed by atoms with Gasteiger partial charge in [-0.25, -0.2) is 0 Å². The van der Waals surface area contributed by atoms with Gasteiger partial charge in [0.25, 0.3) is 0 Å². The molecule has 1 N–H and O–H groups in total. The molecule has 1 aromatic carbocycles. The Morgan fingerprint density at radius 2 is 2.12 bits per heavy atom. The number of hydrogen-bond donors (Lipinski definition) is 1. The number of rotatable bonds is 2. The van der Waals surface area contributed by atoms with Crippen LogP contribution >= 0.6 is 11.6 Å². The van der Waals surface area contributed by atoms with E-state index in [0.29, 0.717) is 5.02 Å². The van der Waals surface area contributed by atoms with Crippen LogP contribution in [-0.4, -0.2) is 18.9 Å². The second kappa shape index (κ2) is 4.79. The standard InChI is InChI=1S/C14H18ClNO/c1-14(10-6-3-4-7-11(10)15)9-5-8-12(16-2)13(14)17/h3-4,6-7,12,16H,5,8-9H2,1-2H3. The van der Waals surface area contributed by atoms with Gasteiger partial charge in [0.1, 0.15) is 0 Å². The van der Waals surface area contributed by atoms with Crippen LogP contribution in [0.5, 0.6) is 0 Å². The number of Topliss-reactive ketones (excluding diaryl/α,β-unsaturated/α-hetero) is 1. The first-order chi connectivity index (χ1) is 8.09. The number of nitrogens with one attached hydrogen (secondary N) is 1. The number of carbonyl (C=O) groups excluding carboxylic acids is 1. The van der Waals surface area contributed by atoms with Gasteiger partial charge < -0.3 is 5.32 Å². The molecule has 0 bridgehead atoms. The SMILES string of the molecule is CNC1CCCC(C)(c2ccccc2Cl)C1=O.